The van der Waals surface area contributed by atoms with Crippen molar-refractivity contribution >= 4 is 23.9 Å². The summed E-state index contributed by atoms with van der Waals surface area (Å²) in [6.45, 7) is 0.0350. The number of aromatic nitrogens is 5. The molecule has 24 heavy (non-hydrogen) atoms. The number of anilines is 1. The molecule has 2 heterocycles. The van der Waals surface area contributed by atoms with Crippen LogP contribution in [-0.4, -0.2) is 37.6 Å². The van der Waals surface area contributed by atoms with Crippen LogP contribution in [0.25, 0.3) is 11.4 Å². The topological polar surface area (TPSA) is 89.8 Å². The van der Waals surface area contributed by atoms with Gasteiger partial charge in [-0.25, -0.2) is 0 Å². The zero-order valence-corrected chi connectivity index (χ0v) is 14.0. The SMILES string of the molecule is COc1ccc(-c2n[nH]c(=S)n2CC(=O)Nc2ccn(C)n2)cc1. The molecule has 1 amide bonds. The van der Waals surface area contributed by atoms with Gasteiger partial charge in [0.15, 0.2) is 16.4 Å². The summed E-state index contributed by atoms with van der Waals surface area (Å²) in [5.74, 6) is 1.58. The third-order valence-electron chi connectivity index (χ3n) is 3.39. The van der Waals surface area contributed by atoms with E-state index in [0.717, 1.165) is 11.3 Å². The minimum Gasteiger partial charge on any atom is -0.497 e. The molecule has 0 radical (unpaired) electrons. The molecule has 0 spiro atoms. The van der Waals surface area contributed by atoms with Crippen LogP contribution in [0.1, 0.15) is 0 Å². The summed E-state index contributed by atoms with van der Waals surface area (Å²) in [4.78, 5) is 12.2. The van der Waals surface area contributed by atoms with Crippen molar-refractivity contribution in [3.05, 3.63) is 41.3 Å². The lowest BCUT2D eigenvalue weighted by Crippen LogP contribution is -2.20. The summed E-state index contributed by atoms with van der Waals surface area (Å²) in [6.07, 6.45) is 1.75. The van der Waals surface area contributed by atoms with Crippen LogP contribution < -0.4 is 10.1 Å². The number of aromatic amines is 1. The number of rotatable bonds is 5. The number of ether oxygens (including phenoxy) is 1. The molecular formula is C15H16N6O2S. The fourth-order valence-electron chi connectivity index (χ4n) is 2.23. The van der Waals surface area contributed by atoms with Gasteiger partial charge in [0.05, 0.1) is 7.11 Å². The second kappa shape index (κ2) is 6.67. The molecule has 8 nitrogen and oxygen atoms in total. The zero-order chi connectivity index (χ0) is 17.1. The molecular weight excluding hydrogens is 328 g/mol. The predicted molar refractivity (Wildman–Crippen MR) is 91.2 cm³/mol. The first kappa shape index (κ1) is 15.9. The van der Waals surface area contributed by atoms with Crippen LogP contribution in [0.4, 0.5) is 5.82 Å². The Morgan fingerprint density at radius 1 is 1.33 bits per heavy atom. The smallest absolute Gasteiger partial charge is 0.245 e. The Kier molecular flexibility index (Phi) is 4.43. The highest BCUT2D eigenvalue weighted by Crippen LogP contribution is 2.21. The van der Waals surface area contributed by atoms with Crippen LogP contribution in [-0.2, 0) is 18.4 Å². The molecule has 0 aliphatic carbocycles. The fraction of sp³-hybridized carbons (Fsp3) is 0.200. The van der Waals surface area contributed by atoms with Crippen molar-refractivity contribution in [3.63, 3.8) is 0 Å². The summed E-state index contributed by atoms with van der Waals surface area (Å²) >= 11 is 5.23. The Hall–Kier alpha value is -2.94. The molecule has 0 saturated heterocycles. The van der Waals surface area contributed by atoms with E-state index in [2.05, 4.69) is 20.6 Å². The standard InChI is InChI=1S/C15H16N6O2S/c1-20-8-7-12(19-20)16-13(22)9-21-14(17-18-15(21)24)10-3-5-11(23-2)6-4-10/h3-8H,9H2,1-2H3,(H,18,24)(H,16,19,22). The predicted octanol–water partition coefficient (Wildman–Crippen LogP) is 1.99. The van der Waals surface area contributed by atoms with Gasteiger partial charge in [-0.3, -0.25) is 19.1 Å². The van der Waals surface area contributed by atoms with Crippen molar-refractivity contribution < 1.29 is 9.53 Å². The minimum absolute atomic E-state index is 0.0350. The van der Waals surface area contributed by atoms with Gasteiger partial charge in [0, 0.05) is 24.9 Å². The summed E-state index contributed by atoms with van der Waals surface area (Å²) in [6, 6.07) is 9.08. The highest BCUT2D eigenvalue weighted by atomic mass is 32.1. The quantitative estimate of drug-likeness (QED) is 0.691. The number of hydrogen-bond donors (Lipinski definition) is 2. The lowest BCUT2D eigenvalue weighted by Gasteiger charge is -2.07. The number of amides is 1. The molecule has 0 bridgehead atoms. The zero-order valence-electron chi connectivity index (χ0n) is 13.2. The Labute approximate surface area is 143 Å². The van der Waals surface area contributed by atoms with Crippen LogP contribution in [0.2, 0.25) is 0 Å². The highest BCUT2D eigenvalue weighted by Gasteiger charge is 2.13. The van der Waals surface area contributed by atoms with E-state index in [1.54, 1.807) is 35.7 Å². The molecule has 9 heteroatoms. The maximum atomic E-state index is 12.2. The van der Waals surface area contributed by atoms with Crippen LogP contribution in [0, 0.1) is 4.77 Å². The van der Waals surface area contributed by atoms with E-state index >= 15 is 0 Å². The van der Waals surface area contributed by atoms with Gasteiger partial charge in [0.25, 0.3) is 0 Å². The van der Waals surface area contributed by atoms with Crippen LogP contribution in [0.5, 0.6) is 5.75 Å². The molecule has 0 saturated carbocycles. The van der Waals surface area contributed by atoms with Gasteiger partial charge in [-0.2, -0.15) is 10.2 Å². The summed E-state index contributed by atoms with van der Waals surface area (Å²) < 4.78 is 8.76. The van der Waals surface area contributed by atoms with Crippen LogP contribution >= 0.6 is 12.2 Å². The van der Waals surface area contributed by atoms with Gasteiger partial charge in [-0.05, 0) is 36.5 Å². The van der Waals surface area contributed by atoms with Gasteiger partial charge in [0.1, 0.15) is 12.3 Å². The first-order chi connectivity index (χ1) is 11.6. The Morgan fingerprint density at radius 2 is 2.08 bits per heavy atom. The molecule has 2 N–H and O–H groups in total. The molecule has 0 unspecified atom stereocenters. The molecule has 0 atom stereocenters. The van der Waals surface area contributed by atoms with Crippen LogP contribution in [0.15, 0.2) is 36.5 Å². The number of aryl methyl sites for hydroxylation is 1. The average Bonchev–Trinajstić information content (AvgIpc) is 3.14. The third kappa shape index (κ3) is 3.35. The minimum atomic E-state index is -0.235. The number of nitrogens with one attached hydrogen (secondary N) is 2. The van der Waals surface area contributed by atoms with E-state index in [4.69, 9.17) is 17.0 Å². The first-order valence-electron chi connectivity index (χ1n) is 7.16. The highest BCUT2D eigenvalue weighted by molar-refractivity contribution is 7.71. The van der Waals surface area contributed by atoms with Crippen molar-refractivity contribution in [1.82, 2.24) is 24.5 Å². The molecule has 0 fully saturated rings. The number of benzene rings is 1. The van der Waals surface area contributed by atoms with Gasteiger partial charge < -0.3 is 10.1 Å². The number of H-pyrrole nitrogens is 1. The van der Waals surface area contributed by atoms with Crippen LogP contribution in [0.3, 0.4) is 0 Å². The largest absolute Gasteiger partial charge is 0.497 e. The maximum absolute atomic E-state index is 12.2. The van der Waals surface area contributed by atoms with Crippen molar-refractivity contribution in [1.29, 1.82) is 0 Å². The van der Waals surface area contributed by atoms with Crippen molar-refractivity contribution in [2.45, 2.75) is 6.54 Å². The van der Waals surface area contributed by atoms with Gasteiger partial charge >= 0.3 is 0 Å². The maximum Gasteiger partial charge on any atom is 0.245 e. The van der Waals surface area contributed by atoms with Crippen molar-refractivity contribution in [2.75, 3.05) is 12.4 Å². The number of hydrogen-bond acceptors (Lipinski definition) is 5. The number of carbonyl (C=O) groups excluding carboxylic acids is 1. The lowest BCUT2D eigenvalue weighted by molar-refractivity contribution is -0.116. The van der Waals surface area contributed by atoms with Gasteiger partial charge in [-0.1, -0.05) is 0 Å². The average molecular weight is 344 g/mol. The van der Waals surface area contributed by atoms with Gasteiger partial charge in [0.2, 0.25) is 5.91 Å². The number of methoxy groups -OCH3 is 1. The Morgan fingerprint density at radius 3 is 2.71 bits per heavy atom. The van der Waals surface area contributed by atoms with E-state index in [-0.39, 0.29) is 12.5 Å². The van der Waals surface area contributed by atoms with Crippen molar-refractivity contribution in [3.8, 4) is 17.1 Å². The van der Waals surface area contributed by atoms with Crippen molar-refractivity contribution in [2.24, 2.45) is 7.05 Å². The molecule has 0 aliphatic rings. The third-order valence-corrected chi connectivity index (χ3v) is 3.70. The monoisotopic (exact) mass is 344 g/mol. The first-order valence-corrected chi connectivity index (χ1v) is 7.57. The summed E-state index contributed by atoms with van der Waals surface area (Å²) in [5.41, 5.74) is 0.828. The molecule has 3 aromatic rings. The van der Waals surface area contributed by atoms with Gasteiger partial charge in [-0.15, -0.1) is 0 Å². The molecule has 3 rings (SSSR count). The van der Waals surface area contributed by atoms with E-state index in [9.17, 15) is 4.79 Å². The molecule has 1 aromatic carbocycles. The summed E-state index contributed by atoms with van der Waals surface area (Å²) in [7, 11) is 3.39. The van der Waals surface area contributed by atoms with E-state index in [0.29, 0.717) is 16.4 Å². The second-order valence-electron chi connectivity index (χ2n) is 5.09. The molecule has 0 aliphatic heterocycles. The second-order valence-corrected chi connectivity index (χ2v) is 5.48. The van der Waals surface area contributed by atoms with E-state index in [1.807, 2.05) is 24.3 Å². The lowest BCUT2D eigenvalue weighted by atomic mass is 10.2. The van der Waals surface area contributed by atoms with E-state index < -0.39 is 0 Å². The normalized spacial score (nSPS) is 10.6. The fourth-order valence-corrected chi connectivity index (χ4v) is 2.43. The summed E-state index contributed by atoms with van der Waals surface area (Å²) in [5, 5.41) is 13.8. The Bertz CT molecular complexity index is 909. The number of carbonyl (C=O) groups is 1. The number of nitrogens with zero attached hydrogens (tertiary/aromatic N) is 4. The molecule has 2 aromatic heterocycles. The van der Waals surface area contributed by atoms with E-state index in [1.165, 1.54) is 0 Å². The Balaban J connectivity index is 1.81. The molecule has 124 valence electrons.